The number of aliphatic hydroxyl groups excluding tert-OH is 1. The standard InChI is InChI=1S/C6H16OP.BrH/c1-5-6(7)8(2,3)4;/h6-7H,5H2,1-4H3;1H/q+1;/p-1. The average molecular weight is 215 g/mol. The fourth-order valence-electron chi connectivity index (χ4n) is 0.548. The summed E-state index contributed by atoms with van der Waals surface area (Å²) in [5, 5.41) is 9.24. The lowest BCUT2D eigenvalue weighted by atomic mass is 10.5. The maximum Gasteiger partial charge on any atom is 0.162 e. The molecule has 1 unspecified atom stereocenters. The highest BCUT2D eigenvalue weighted by atomic mass is 79.9. The van der Waals surface area contributed by atoms with E-state index < -0.39 is 7.26 Å². The first kappa shape index (κ1) is 12.5. The molecule has 0 amide bonds. The molecule has 0 fully saturated rings. The Morgan fingerprint density at radius 1 is 1.33 bits per heavy atom. The number of halogens is 1. The second-order valence-corrected chi connectivity index (χ2v) is 7.83. The van der Waals surface area contributed by atoms with Crippen LogP contribution < -0.4 is 17.0 Å². The smallest absolute Gasteiger partial charge is 0.162 e. The lowest BCUT2D eigenvalue weighted by molar-refractivity contribution is -0.00000314. The third-order valence-corrected chi connectivity index (χ3v) is 3.41. The Morgan fingerprint density at radius 2 is 1.67 bits per heavy atom. The van der Waals surface area contributed by atoms with Crippen molar-refractivity contribution in [1.29, 1.82) is 0 Å². The molecular formula is C6H16BrOP. The largest absolute Gasteiger partial charge is 1.00 e. The Bertz CT molecular complexity index is 69.9. The minimum Gasteiger partial charge on any atom is -1.00 e. The van der Waals surface area contributed by atoms with Crippen LogP contribution in [0.4, 0.5) is 0 Å². The van der Waals surface area contributed by atoms with Gasteiger partial charge >= 0.3 is 0 Å². The first-order chi connectivity index (χ1) is 3.48. The Hall–Kier alpha value is 0.870. The van der Waals surface area contributed by atoms with E-state index >= 15 is 0 Å². The van der Waals surface area contributed by atoms with Crippen LogP contribution in [0.1, 0.15) is 13.3 Å². The van der Waals surface area contributed by atoms with Crippen LogP contribution in [-0.2, 0) is 0 Å². The van der Waals surface area contributed by atoms with Crippen molar-refractivity contribution in [2.24, 2.45) is 0 Å². The van der Waals surface area contributed by atoms with Gasteiger partial charge in [0.1, 0.15) is 0 Å². The van der Waals surface area contributed by atoms with Crippen molar-refractivity contribution in [2.75, 3.05) is 20.0 Å². The van der Waals surface area contributed by atoms with Crippen LogP contribution in [0.25, 0.3) is 0 Å². The summed E-state index contributed by atoms with van der Waals surface area (Å²) in [6.07, 6.45) is 0.900. The van der Waals surface area contributed by atoms with E-state index in [4.69, 9.17) is 0 Å². The molecule has 9 heavy (non-hydrogen) atoms. The van der Waals surface area contributed by atoms with E-state index in [9.17, 15) is 5.11 Å². The minimum atomic E-state index is -0.951. The summed E-state index contributed by atoms with van der Waals surface area (Å²) in [6, 6.07) is 0. The molecule has 0 aromatic carbocycles. The molecule has 0 spiro atoms. The van der Waals surface area contributed by atoms with Gasteiger partial charge < -0.3 is 22.1 Å². The Balaban J connectivity index is 0. The Kier molecular flexibility index (Phi) is 6.48. The van der Waals surface area contributed by atoms with Crippen LogP contribution >= 0.6 is 7.26 Å². The second-order valence-electron chi connectivity index (χ2n) is 3.01. The molecule has 0 saturated heterocycles. The lowest BCUT2D eigenvalue weighted by Gasteiger charge is -2.16. The number of hydrogen-bond acceptors (Lipinski definition) is 1. The van der Waals surface area contributed by atoms with Gasteiger partial charge in [-0.25, -0.2) is 0 Å². The molecule has 0 aliphatic heterocycles. The normalized spacial score (nSPS) is 14.3. The van der Waals surface area contributed by atoms with Crippen LogP contribution in [-0.4, -0.2) is 30.9 Å². The molecule has 1 nitrogen and oxygen atoms in total. The van der Waals surface area contributed by atoms with Gasteiger partial charge in [-0.1, -0.05) is 6.92 Å². The molecular weight excluding hydrogens is 199 g/mol. The van der Waals surface area contributed by atoms with Gasteiger partial charge in [-0.15, -0.1) is 0 Å². The van der Waals surface area contributed by atoms with Crippen molar-refractivity contribution in [3.8, 4) is 0 Å². The summed E-state index contributed by atoms with van der Waals surface area (Å²) in [6.45, 7) is 8.49. The summed E-state index contributed by atoms with van der Waals surface area (Å²) in [7, 11) is -0.951. The molecule has 3 heteroatoms. The van der Waals surface area contributed by atoms with Gasteiger partial charge in [-0.2, -0.15) is 0 Å². The monoisotopic (exact) mass is 214 g/mol. The number of hydrogen-bond donors (Lipinski definition) is 1. The highest BCUT2D eigenvalue weighted by Crippen LogP contribution is 2.51. The van der Waals surface area contributed by atoms with Crippen molar-refractivity contribution in [3.63, 3.8) is 0 Å². The molecule has 0 saturated carbocycles. The molecule has 1 N–H and O–H groups in total. The van der Waals surface area contributed by atoms with E-state index in [-0.39, 0.29) is 22.8 Å². The van der Waals surface area contributed by atoms with Crippen LogP contribution in [0.3, 0.4) is 0 Å². The number of aliphatic hydroxyl groups is 1. The molecule has 0 aliphatic carbocycles. The SMILES string of the molecule is CCC(O)[P+](C)(C)C.[Br-]. The predicted molar refractivity (Wildman–Crippen MR) is 41.0 cm³/mol. The quantitative estimate of drug-likeness (QED) is 0.563. The van der Waals surface area contributed by atoms with Crippen LogP contribution in [0, 0.1) is 0 Å². The van der Waals surface area contributed by atoms with Crippen LogP contribution in [0.15, 0.2) is 0 Å². The third kappa shape index (κ3) is 5.32. The van der Waals surface area contributed by atoms with Crippen molar-refractivity contribution in [1.82, 2.24) is 0 Å². The maximum atomic E-state index is 9.24. The van der Waals surface area contributed by atoms with Crippen molar-refractivity contribution in [2.45, 2.75) is 19.2 Å². The fourth-order valence-corrected chi connectivity index (χ4v) is 1.64. The third-order valence-electron chi connectivity index (χ3n) is 1.26. The Morgan fingerprint density at radius 3 is 1.67 bits per heavy atom. The molecule has 58 valence electrons. The van der Waals surface area contributed by atoms with Crippen molar-refractivity contribution < 1.29 is 22.1 Å². The highest BCUT2D eigenvalue weighted by molar-refractivity contribution is 7.74. The van der Waals surface area contributed by atoms with Crippen LogP contribution in [0.5, 0.6) is 0 Å². The van der Waals surface area contributed by atoms with E-state index in [1.165, 1.54) is 0 Å². The topological polar surface area (TPSA) is 20.2 Å². The molecule has 0 bridgehead atoms. The fraction of sp³-hybridized carbons (Fsp3) is 1.00. The van der Waals surface area contributed by atoms with Crippen LogP contribution in [0.2, 0.25) is 0 Å². The zero-order chi connectivity index (χ0) is 6.78. The maximum absolute atomic E-state index is 9.24. The van der Waals surface area contributed by atoms with E-state index in [1.54, 1.807) is 0 Å². The van der Waals surface area contributed by atoms with Gasteiger partial charge in [-0.05, 0) is 0 Å². The summed E-state index contributed by atoms with van der Waals surface area (Å²) < 4.78 is 0. The highest BCUT2D eigenvalue weighted by Gasteiger charge is 2.26. The zero-order valence-corrected chi connectivity index (χ0v) is 9.04. The molecule has 0 rings (SSSR count). The molecule has 0 aliphatic rings. The summed E-state index contributed by atoms with van der Waals surface area (Å²) in [5.41, 5.74) is 0. The summed E-state index contributed by atoms with van der Waals surface area (Å²) >= 11 is 0. The van der Waals surface area contributed by atoms with Gasteiger partial charge in [-0.3, -0.25) is 0 Å². The first-order valence-corrected chi connectivity index (χ1v) is 6.17. The predicted octanol–water partition coefficient (Wildman–Crippen LogP) is -1.37. The molecule has 0 radical (unpaired) electrons. The van der Waals surface area contributed by atoms with Crippen molar-refractivity contribution in [3.05, 3.63) is 0 Å². The van der Waals surface area contributed by atoms with Gasteiger partial charge in [0.2, 0.25) is 0 Å². The van der Waals surface area contributed by atoms with E-state index in [1.807, 2.05) is 6.92 Å². The zero-order valence-electron chi connectivity index (χ0n) is 6.56. The van der Waals surface area contributed by atoms with Gasteiger partial charge in [0.25, 0.3) is 0 Å². The lowest BCUT2D eigenvalue weighted by Crippen LogP contribution is -3.00. The molecule has 0 heterocycles. The molecule has 0 aromatic heterocycles. The van der Waals surface area contributed by atoms with E-state index in [0.717, 1.165) is 6.42 Å². The summed E-state index contributed by atoms with van der Waals surface area (Å²) in [4.78, 5) is 0. The second kappa shape index (κ2) is 4.65. The summed E-state index contributed by atoms with van der Waals surface area (Å²) in [5.74, 6) is -0.0394. The number of rotatable bonds is 2. The average Bonchev–Trinajstić information content (AvgIpc) is 1.62. The van der Waals surface area contributed by atoms with E-state index in [2.05, 4.69) is 20.0 Å². The van der Waals surface area contributed by atoms with Gasteiger partial charge in [0, 0.05) is 13.7 Å². The van der Waals surface area contributed by atoms with Gasteiger partial charge in [0.05, 0.1) is 20.0 Å². The minimum absolute atomic E-state index is 0. The molecule has 0 aromatic rings. The van der Waals surface area contributed by atoms with E-state index in [0.29, 0.717) is 0 Å². The van der Waals surface area contributed by atoms with Gasteiger partial charge in [0.15, 0.2) is 5.85 Å². The van der Waals surface area contributed by atoms with Crippen molar-refractivity contribution >= 4 is 7.26 Å². The Labute approximate surface area is 69.0 Å². The molecule has 1 atom stereocenters. The first-order valence-electron chi connectivity index (χ1n) is 2.97.